The molecule has 2 N–H and O–H groups in total. The van der Waals surface area contributed by atoms with Gasteiger partial charge in [-0.05, 0) is 55.3 Å². The third-order valence-corrected chi connectivity index (χ3v) is 4.19. The molecule has 0 radical (unpaired) electrons. The molecule has 0 saturated heterocycles. The highest BCUT2D eigenvalue weighted by Gasteiger charge is 2.16. The van der Waals surface area contributed by atoms with Crippen LogP contribution in [0.15, 0.2) is 36.4 Å². The van der Waals surface area contributed by atoms with Crippen LogP contribution < -0.4 is 29.8 Å². The molecule has 0 spiro atoms. The Bertz CT molecular complexity index is 847. The molecule has 2 aromatic rings. The first kappa shape index (κ1) is 22.8. The first-order chi connectivity index (χ1) is 14.4. The molecule has 0 aliphatic heterocycles. The van der Waals surface area contributed by atoms with Gasteiger partial charge in [0, 0.05) is 6.42 Å². The van der Waals surface area contributed by atoms with E-state index < -0.39 is 17.8 Å². The van der Waals surface area contributed by atoms with Gasteiger partial charge in [-0.3, -0.25) is 20.4 Å². The van der Waals surface area contributed by atoms with E-state index in [0.717, 1.165) is 5.56 Å². The standard InChI is InChI=1S/C21H25FN2O6/c1-13(30-16-8-6-15(22)7-9-16)21(26)24-23-19(25)10-5-14-11-17(27-2)20(29-4)18(12-14)28-3/h6-9,11-13H,5,10H2,1-4H3,(H,23,25)(H,24,26)/t13-/m1/s1. The second-order valence-electron chi connectivity index (χ2n) is 6.29. The van der Waals surface area contributed by atoms with Crippen molar-refractivity contribution >= 4 is 11.8 Å². The predicted octanol–water partition coefficient (Wildman–Crippen LogP) is 2.40. The minimum absolute atomic E-state index is 0.117. The lowest BCUT2D eigenvalue weighted by atomic mass is 10.1. The molecule has 0 aliphatic carbocycles. The summed E-state index contributed by atoms with van der Waals surface area (Å²) in [5.74, 6) is 0.466. The number of methoxy groups -OCH3 is 3. The second-order valence-corrected chi connectivity index (χ2v) is 6.29. The molecule has 2 aromatic carbocycles. The van der Waals surface area contributed by atoms with E-state index in [9.17, 15) is 14.0 Å². The molecule has 9 heteroatoms. The van der Waals surface area contributed by atoms with Gasteiger partial charge in [-0.1, -0.05) is 0 Å². The van der Waals surface area contributed by atoms with Crippen molar-refractivity contribution in [1.82, 2.24) is 10.9 Å². The first-order valence-electron chi connectivity index (χ1n) is 9.17. The summed E-state index contributed by atoms with van der Waals surface area (Å²) in [5, 5.41) is 0. The lowest BCUT2D eigenvalue weighted by molar-refractivity contribution is -0.132. The Balaban J connectivity index is 1.84. The van der Waals surface area contributed by atoms with Gasteiger partial charge in [-0.2, -0.15) is 0 Å². The molecule has 0 fully saturated rings. The smallest absolute Gasteiger partial charge is 0.279 e. The summed E-state index contributed by atoms with van der Waals surface area (Å²) in [4.78, 5) is 24.1. The van der Waals surface area contributed by atoms with E-state index in [-0.39, 0.29) is 12.3 Å². The van der Waals surface area contributed by atoms with E-state index in [1.54, 1.807) is 12.1 Å². The normalized spacial score (nSPS) is 11.2. The van der Waals surface area contributed by atoms with E-state index in [4.69, 9.17) is 18.9 Å². The molecule has 1 atom stereocenters. The average molecular weight is 420 g/mol. The van der Waals surface area contributed by atoms with Crippen LogP contribution in [0.1, 0.15) is 18.9 Å². The summed E-state index contributed by atoms with van der Waals surface area (Å²) in [6.07, 6.45) is -0.377. The number of aryl methyl sites for hydroxylation is 1. The van der Waals surface area contributed by atoms with Crippen molar-refractivity contribution in [3.05, 3.63) is 47.8 Å². The largest absolute Gasteiger partial charge is 0.493 e. The lowest BCUT2D eigenvalue weighted by Crippen LogP contribution is -2.47. The lowest BCUT2D eigenvalue weighted by Gasteiger charge is -2.15. The molecule has 0 saturated carbocycles. The number of rotatable bonds is 9. The number of carbonyl (C=O) groups excluding carboxylic acids is 2. The van der Waals surface area contributed by atoms with Crippen LogP contribution in [0.25, 0.3) is 0 Å². The van der Waals surface area contributed by atoms with Crippen LogP contribution in [0.5, 0.6) is 23.0 Å². The van der Waals surface area contributed by atoms with E-state index in [1.807, 2.05) is 0 Å². The van der Waals surface area contributed by atoms with Crippen LogP contribution in [0.4, 0.5) is 4.39 Å². The van der Waals surface area contributed by atoms with Crippen molar-refractivity contribution < 1.29 is 32.9 Å². The molecule has 30 heavy (non-hydrogen) atoms. The van der Waals surface area contributed by atoms with Crippen molar-refractivity contribution in [3.8, 4) is 23.0 Å². The van der Waals surface area contributed by atoms with Crippen molar-refractivity contribution in [1.29, 1.82) is 0 Å². The fourth-order valence-electron chi connectivity index (χ4n) is 2.60. The summed E-state index contributed by atoms with van der Waals surface area (Å²) in [6, 6.07) is 8.79. The van der Waals surface area contributed by atoms with E-state index in [0.29, 0.717) is 29.4 Å². The Morgan fingerprint density at radius 3 is 2.10 bits per heavy atom. The molecule has 162 valence electrons. The van der Waals surface area contributed by atoms with Crippen LogP contribution >= 0.6 is 0 Å². The van der Waals surface area contributed by atoms with Gasteiger partial charge in [-0.25, -0.2) is 4.39 Å². The molecule has 8 nitrogen and oxygen atoms in total. The summed E-state index contributed by atoms with van der Waals surface area (Å²) in [6.45, 7) is 1.51. The number of carbonyl (C=O) groups is 2. The number of ether oxygens (including phenoxy) is 4. The van der Waals surface area contributed by atoms with Crippen LogP contribution in [-0.4, -0.2) is 39.2 Å². The summed E-state index contributed by atoms with van der Waals surface area (Å²) >= 11 is 0. The van der Waals surface area contributed by atoms with Gasteiger partial charge in [0.2, 0.25) is 11.7 Å². The zero-order valence-electron chi connectivity index (χ0n) is 17.3. The van der Waals surface area contributed by atoms with Gasteiger partial charge in [0.1, 0.15) is 11.6 Å². The Labute approximate surface area is 174 Å². The van der Waals surface area contributed by atoms with Gasteiger partial charge in [0.15, 0.2) is 17.6 Å². The van der Waals surface area contributed by atoms with Gasteiger partial charge in [-0.15, -0.1) is 0 Å². The topological polar surface area (TPSA) is 95.1 Å². The van der Waals surface area contributed by atoms with Crippen LogP contribution in [0.3, 0.4) is 0 Å². The molecule has 2 rings (SSSR count). The molecule has 0 aromatic heterocycles. The number of nitrogens with one attached hydrogen (secondary N) is 2. The highest BCUT2D eigenvalue weighted by Crippen LogP contribution is 2.38. The zero-order valence-corrected chi connectivity index (χ0v) is 17.3. The van der Waals surface area contributed by atoms with Crippen LogP contribution in [0.2, 0.25) is 0 Å². The minimum Gasteiger partial charge on any atom is -0.493 e. The van der Waals surface area contributed by atoms with Gasteiger partial charge >= 0.3 is 0 Å². The Hall–Kier alpha value is -3.49. The van der Waals surface area contributed by atoms with Crippen molar-refractivity contribution in [2.75, 3.05) is 21.3 Å². The van der Waals surface area contributed by atoms with Gasteiger partial charge in [0.05, 0.1) is 21.3 Å². The summed E-state index contributed by atoms with van der Waals surface area (Å²) in [5.41, 5.74) is 5.45. The Morgan fingerprint density at radius 2 is 1.57 bits per heavy atom. The Morgan fingerprint density at radius 1 is 0.967 bits per heavy atom. The fourth-order valence-corrected chi connectivity index (χ4v) is 2.60. The highest BCUT2D eigenvalue weighted by atomic mass is 19.1. The molecule has 0 bridgehead atoms. The maximum absolute atomic E-state index is 12.9. The van der Waals surface area contributed by atoms with Gasteiger partial charge < -0.3 is 18.9 Å². The molecule has 2 amide bonds. The number of amides is 2. The van der Waals surface area contributed by atoms with Crippen molar-refractivity contribution in [3.63, 3.8) is 0 Å². The number of hydrazine groups is 1. The minimum atomic E-state index is -0.883. The molecular weight excluding hydrogens is 395 g/mol. The van der Waals surface area contributed by atoms with Crippen LogP contribution in [0, 0.1) is 5.82 Å². The third kappa shape index (κ3) is 6.26. The van der Waals surface area contributed by atoms with Crippen molar-refractivity contribution in [2.24, 2.45) is 0 Å². The average Bonchev–Trinajstić information content (AvgIpc) is 2.76. The molecule has 0 aliphatic rings. The van der Waals surface area contributed by atoms with Crippen molar-refractivity contribution in [2.45, 2.75) is 25.9 Å². The second kappa shape index (κ2) is 10.9. The predicted molar refractivity (Wildman–Crippen MR) is 107 cm³/mol. The van der Waals surface area contributed by atoms with E-state index in [2.05, 4.69) is 10.9 Å². The molecule has 0 unspecified atom stereocenters. The zero-order chi connectivity index (χ0) is 22.1. The number of halogens is 1. The Kier molecular flexibility index (Phi) is 8.28. The van der Waals surface area contributed by atoms with Crippen LogP contribution in [-0.2, 0) is 16.0 Å². The fraction of sp³-hybridized carbons (Fsp3) is 0.333. The van der Waals surface area contributed by atoms with E-state index in [1.165, 1.54) is 52.5 Å². The maximum Gasteiger partial charge on any atom is 0.279 e. The number of benzene rings is 2. The quantitative estimate of drug-likeness (QED) is 0.605. The SMILES string of the molecule is COc1cc(CCC(=O)NNC(=O)[C@@H](C)Oc2ccc(F)cc2)cc(OC)c1OC. The number of hydrogen-bond acceptors (Lipinski definition) is 6. The summed E-state index contributed by atoms with van der Waals surface area (Å²) < 4.78 is 34.2. The summed E-state index contributed by atoms with van der Waals surface area (Å²) in [7, 11) is 4.54. The maximum atomic E-state index is 12.9. The van der Waals surface area contributed by atoms with Gasteiger partial charge in [0.25, 0.3) is 5.91 Å². The van der Waals surface area contributed by atoms with E-state index >= 15 is 0 Å². The molecule has 0 heterocycles. The first-order valence-corrected chi connectivity index (χ1v) is 9.17. The number of hydrogen-bond donors (Lipinski definition) is 2. The third-order valence-electron chi connectivity index (χ3n) is 4.19. The molecular formula is C21H25FN2O6. The highest BCUT2D eigenvalue weighted by molar-refractivity contribution is 5.84. The monoisotopic (exact) mass is 420 g/mol.